The van der Waals surface area contributed by atoms with E-state index in [1.165, 1.54) is 6.08 Å². The molecule has 0 radical (unpaired) electrons. The summed E-state index contributed by atoms with van der Waals surface area (Å²) in [4.78, 5) is 3.43. The van der Waals surface area contributed by atoms with Crippen molar-refractivity contribution in [1.82, 2.24) is 0 Å². The zero-order valence-corrected chi connectivity index (χ0v) is 4.36. The van der Waals surface area contributed by atoms with Crippen LogP contribution in [0.3, 0.4) is 0 Å². The summed E-state index contributed by atoms with van der Waals surface area (Å²) >= 11 is 0. The normalized spacial score (nSPS) is 13.4. The maximum absolute atomic E-state index is 11.1. The van der Waals surface area contributed by atoms with Crippen LogP contribution < -0.4 is 0 Å². The van der Waals surface area contributed by atoms with Crippen LogP contribution in [-0.2, 0) is 4.94 Å². The van der Waals surface area contributed by atoms with Crippen LogP contribution in [0.15, 0.2) is 12.7 Å². The largest absolute Gasteiger partial charge is 0.187 e. The van der Waals surface area contributed by atoms with Crippen LogP contribution in [-0.4, -0.2) is 6.10 Å². The van der Waals surface area contributed by atoms with E-state index in [1.807, 2.05) is 6.92 Å². The van der Waals surface area contributed by atoms with Gasteiger partial charge in [-0.3, -0.25) is 0 Å². The van der Waals surface area contributed by atoms with Gasteiger partial charge in [0, 0.05) is 0 Å². The average molecular weight is 104 g/mol. The minimum Gasteiger partial charge on any atom is -0.187 e. The summed E-state index contributed by atoms with van der Waals surface area (Å²) in [6.45, 7) is 5.16. The van der Waals surface area contributed by atoms with E-state index in [0.717, 1.165) is 0 Å². The van der Waals surface area contributed by atoms with Gasteiger partial charge in [0.05, 0.1) is 0 Å². The topological polar surface area (TPSA) is 9.23 Å². The van der Waals surface area contributed by atoms with Crippen LogP contribution in [0.25, 0.3) is 0 Å². The van der Waals surface area contributed by atoms with Crippen molar-refractivity contribution in [2.24, 2.45) is 0 Å². The predicted octanol–water partition coefficient (Wildman–Crippen LogP) is 1.85. The van der Waals surface area contributed by atoms with Crippen molar-refractivity contribution in [3.8, 4) is 0 Å². The summed E-state index contributed by atoms with van der Waals surface area (Å²) < 4.78 is 11.1. The minimum absolute atomic E-state index is 0.417. The SMILES string of the molecule is C=CC(CC)OF. The Labute approximate surface area is 42.7 Å². The number of rotatable bonds is 3. The van der Waals surface area contributed by atoms with Crippen molar-refractivity contribution < 1.29 is 9.47 Å². The molecule has 0 aromatic heterocycles. The third-order valence-electron chi connectivity index (χ3n) is 0.780. The van der Waals surface area contributed by atoms with Gasteiger partial charge < -0.3 is 0 Å². The molecule has 1 nitrogen and oxygen atoms in total. The first kappa shape index (κ1) is 6.63. The fourth-order valence-corrected chi connectivity index (χ4v) is 0.266. The zero-order valence-electron chi connectivity index (χ0n) is 4.36. The zero-order chi connectivity index (χ0) is 5.70. The summed E-state index contributed by atoms with van der Waals surface area (Å²) in [6.07, 6.45) is 1.65. The summed E-state index contributed by atoms with van der Waals surface area (Å²) in [5, 5.41) is 0. The van der Waals surface area contributed by atoms with Crippen molar-refractivity contribution in [1.29, 1.82) is 0 Å². The highest BCUT2D eigenvalue weighted by atomic mass is 19.3. The van der Waals surface area contributed by atoms with E-state index in [0.29, 0.717) is 6.42 Å². The van der Waals surface area contributed by atoms with Gasteiger partial charge in [-0.05, 0) is 10.9 Å². The summed E-state index contributed by atoms with van der Waals surface area (Å²) in [6, 6.07) is 0. The molecule has 42 valence electrons. The van der Waals surface area contributed by atoms with Crippen LogP contribution in [0, 0.1) is 0 Å². The van der Waals surface area contributed by atoms with E-state index < -0.39 is 6.10 Å². The van der Waals surface area contributed by atoms with Crippen LogP contribution in [0.2, 0.25) is 0 Å². The number of halogens is 1. The molecule has 0 aliphatic carbocycles. The predicted molar refractivity (Wildman–Crippen MR) is 26.5 cm³/mol. The van der Waals surface area contributed by atoms with Crippen LogP contribution in [0.1, 0.15) is 13.3 Å². The molecule has 1 unspecified atom stereocenters. The number of hydrogen-bond acceptors (Lipinski definition) is 1. The van der Waals surface area contributed by atoms with Crippen molar-refractivity contribution in [2.45, 2.75) is 19.4 Å². The fourth-order valence-electron chi connectivity index (χ4n) is 0.266. The Kier molecular flexibility index (Phi) is 3.61. The molecule has 0 saturated carbocycles. The van der Waals surface area contributed by atoms with Crippen LogP contribution >= 0.6 is 0 Å². The molecular weight excluding hydrogens is 95.1 g/mol. The van der Waals surface area contributed by atoms with Crippen molar-refractivity contribution >= 4 is 0 Å². The molecule has 0 spiro atoms. The Bertz CT molecular complexity index is 50.0. The lowest BCUT2D eigenvalue weighted by atomic mass is 10.3. The first-order chi connectivity index (χ1) is 3.35. The first-order valence-corrected chi connectivity index (χ1v) is 2.25. The fraction of sp³-hybridized carbons (Fsp3) is 0.600. The monoisotopic (exact) mass is 104 g/mol. The molecule has 0 bridgehead atoms. The molecule has 0 N–H and O–H groups in total. The van der Waals surface area contributed by atoms with E-state index >= 15 is 0 Å². The molecule has 0 rings (SSSR count). The van der Waals surface area contributed by atoms with Gasteiger partial charge in [0.15, 0.2) is 0 Å². The lowest BCUT2D eigenvalue weighted by Crippen LogP contribution is -1.99. The lowest BCUT2D eigenvalue weighted by molar-refractivity contribution is -0.162. The standard InChI is InChI=1S/C5H9FO/c1-3-5(4-2)7-6/h3,5H,1,4H2,2H3. The summed E-state index contributed by atoms with van der Waals surface area (Å²) in [7, 11) is 0. The highest BCUT2D eigenvalue weighted by Gasteiger charge is 1.96. The van der Waals surface area contributed by atoms with Gasteiger partial charge in [-0.1, -0.05) is 13.0 Å². The second kappa shape index (κ2) is 3.81. The van der Waals surface area contributed by atoms with E-state index in [9.17, 15) is 4.53 Å². The van der Waals surface area contributed by atoms with Crippen molar-refractivity contribution in [3.05, 3.63) is 12.7 Å². The third-order valence-corrected chi connectivity index (χ3v) is 0.780. The Hall–Kier alpha value is -0.370. The first-order valence-electron chi connectivity index (χ1n) is 2.25. The van der Waals surface area contributed by atoms with E-state index in [2.05, 4.69) is 11.5 Å². The van der Waals surface area contributed by atoms with E-state index in [-0.39, 0.29) is 0 Å². The van der Waals surface area contributed by atoms with E-state index in [1.54, 1.807) is 0 Å². The minimum atomic E-state index is -0.417. The molecule has 2 heteroatoms. The third kappa shape index (κ3) is 2.34. The Morgan fingerprint density at radius 1 is 2.00 bits per heavy atom. The average Bonchev–Trinajstić information content (AvgIpc) is 1.72. The molecule has 0 fully saturated rings. The van der Waals surface area contributed by atoms with Gasteiger partial charge >= 0.3 is 0 Å². The van der Waals surface area contributed by atoms with Crippen LogP contribution in [0.5, 0.6) is 0 Å². The lowest BCUT2D eigenvalue weighted by Gasteiger charge is -1.98. The Morgan fingerprint density at radius 3 is 2.57 bits per heavy atom. The second-order valence-electron chi connectivity index (χ2n) is 1.27. The quantitative estimate of drug-likeness (QED) is 0.496. The highest BCUT2D eigenvalue weighted by molar-refractivity contribution is 4.76. The molecule has 0 saturated heterocycles. The molecule has 0 amide bonds. The molecule has 1 atom stereocenters. The van der Waals surface area contributed by atoms with Gasteiger partial charge in [-0.25, -0.2) is 0 Å². The van der Waals surface area contributed by atoms with Crippen molar-refractivity contribution in [2.75, 3.05) is 0 Å². The van der Waals surface area contributed by atoms with Crippen LogP contribution in [0.4, 0.5) is 4.53 Å². The van der Waals surface area contributed by atoms with E-state index in [4.69, 9.17) is 0 Å². The Morgan fingerprint density at radius 2 is 2.57 bits per heavy atom. The second-order valence-corrected chi connectivity index (χ2v) is 1.27. The van der Waals surface area contributed by atoms with Gasteiger partial charge in [0.25, 0.3) is 0 Å². The summed E-state index contributed by atoms with van der Waals surface area (Å²) in [5.74, 6) is 0. The molecule has 0 aliphatic rings. The molecule has 0 heterocycles. The summed E-state index contributed by atoms with van der Waals surface area (Å²) in [5.41, 5.74) is 0. The maximum atomic E-state index is 11.1. The molecule has 0 aromatic rings. The van der Waals surface area contributed by atoms with Gasteiger partial charge in [-0.15, -0.1) is 6.58 Å². The van der Waals surface area contributed by atoms with Gasteiger partial charge in [0.1, 0.15) is 6.10 Å². The maximum Gasteiger partial charge on any atom is 0.116 e. The number of hydrogen-bond donors (Lipinski definition) is 0. The van der Waals surface area contributed by atoms with Crippen molar-refractivity contribution in [3.63, 3.8) is 0 Å². The molecule has 0 aromatic carbocycles. The van der Waals surface area contributed by atoms with Gasteiger partial charge in [0.2, 0.25) is 0 Å². The highest BCUT2D eigenvalue weighted by Crippen LogP contribution is 1.96. The molecular formula is C5H9FO. The smallest absolute Gasteiger partial charge is 0.116 e. The molecule has 7 heavy (non-hydrogen) atoms. The van der Waals surface area contributed by atoms with Gasteiger partial charge in [-0.2, -0.15) is 4.94 Å². The Balaban J connectivity index is 3.16. The molecule has 0 aliphatic heterocycles.